The molecule has 3 rings (SSSR count). The standard InChI is InChI=1S/C17H13F3N2O3S/c1-11-6-7-14(25-17(18,19)20)9-16(11)26(23,24)22-13-8-12-4-2-3-5-15(12)21-10-13/h2-10,22H,1H3. The largest absolute Gasteiger partial charge is 0.573 e. The molecule has 0 spiro atoms. The van der Waals surface area contributed by atoms with E-state index in [0.717, 1.165) is 17.5 Å². The first-order valence-electron chi connectivity index (χ1n) is 7.38. The molecule has 0 fully saturated rings. The van der Waals surface area contributed by atoms with Crippen molar-refractivity contribution in [1.29, 1.82) is 0 Å². The Balaban J connectivity index is 1.95. The third kappa shape index (κ3) is 4.05. The van der Waals surface area contributed by atoms with Crippen LogP contribution < -0.4 is 9.46 Å². The lowest BCUT2D eigenvalue weighted by atomic mass is 10.2. The summed E-state index contributed by atoms with van der Waals surface area (Å²) < 4.78 is 68.4. The Hall–Kier alpha value is -2.81. The van der Waals surface area contributed by atoms with Gasteiger partial charge < -0.3 is 4.74 Å². The number of nitrogens with one attached hydrogen (secondary N) is 1. The molecule has 0 aliphatic carbocycles. The van der Waals surface area contributed by atoms with Gasteiger partial charge >= 0.3 is 6.36 Å². The molecule has 0 atom stereocenters. The minimum Gasteiger partial charge on any atom is -0.406 e. The third-order valence-corrected chi connectivity index (χ3v) is 5.05. The number of aryl methyl sites for hydroxylation is 1. The van der Waals surface area contributed by atoms with Gasteiger partial charge in [0.15, 0.2) is 0 Å². The van der Waals surface area contributed by atoms with Gasteiger partial charge in [-0.2, -0.15) is 0 Å². The molecule has 0 aliphatic heterocycles. The zero-order valence-corrected chi connectivity index (χ0v) is 14.2. The van der Waals surface area contributed by atoms with Crippen LogP contribution in [0.5, 0.6) is 5.75 Å². The lowest BCUT2D eigenvalue weighted by molar-refractivity contribution is -0.274. The Morgan fingerprint density at radius 1 is 1.08 bits per heavy atom. The van der Waals surface area contributed by atoms with E-state index in [1.54, 1.807) is 30.3 Å². The van der Waals surface area contributed by atoms with Gasteiger partial charge in [-0.15, -0.1) is 13.2 Å². The molecule has 1 heterocycles. The Morgan fingerprint density at radius 2 is 1.81 bits per heavy atom. The van der Waals surface area contributed by atoms with Gasteiger partial charge in [-0.1, -0.05) is 24.3 Å². The number of benzene rings is 2. The van der Waals surface area contributed by atoms with Crippen molar-refractivity contribution in [2.75, 3.05) is 4.72 Å². The van der Waals surface area contributed by atoms with E-state index in [0.29, 0.717) is 5.52 Å². The highest BCUT2D eigenvalue weighted by atomic mass is 32.2. The van der Waals surface area contributed by atoms with Gasteiger partial charge in [0.05, 0.1) is 22.3 Å². The molecular formula is C17H13F3N2O3S. The normalized spacial score (nSPS) is 12.2. The van der Waals surface area contributed by atoms with Crippen molar-refractivity contribution >= 4 is 26.6 Å². The summed E-state index contributed by atoms with van der Waals surface area (Å²) in [6, 6.07) is 11.8. The molecule has 0 aliphatic rings. The van der Waals surface area contributed by atoms with Crippen molar-refractivity contribution in [3.63, 3.8) is 0 Å². The van der Waals surface area contributed by atoms with Crippen LogP contribution in [0.1, 0.15) is 5.56 Å². The minimum atomic E-state index is -4.91. The number of halogens is 3. The Morgan fingerprint density at radius 3 is 2.54 bits per heavy atom. The molecule has 2 aromatic carbocycles. The van der Waals surface area contributed by atoms with Gasteiger partial charge in [-0.3, -0.25) is 9.71 Å². The summed E-state index contributed by atoms with van der Waals surface area (Å²) in [5, 5.41) is 0.721. The second kappa shape index (κ2) is 6.49. The van der Waals surface area contributed by atoms with E-state index in [1.807, 2.05) is 0 Å². The fraction of sp³-hybridized carbons (Fsp3) is 0.118. The van der Waals surface area contributed by atoms with Crippen LogP contribution in [0.15, 0.2) is 59.6 Å². The first-order valence-corrected chi connectivity index (χ1v) is 8.86. The molecular weight excluding hydrogens is 369 g/mol. The van der Waals surface area contributed by atoms with Gasteiger partial charge in [0.1, 0.15) is 5.75 Å². The summed E-state index contributed by atoms with van der Waals surface area (Å²) in [5.41, 5.74) is 1.17. The number of ether oxygens (including phenoxy) is 1. The Labute approximate surface area is 147 Å². The van der Waals surface area contributed by atoms with E-state index in [9.17, 15) is 21.6 Å². The molecule has 3 aromatic rings. The van der Waals surface area contributed by atoms with E-state index in [4.69, 9.17) is 0 Å². The highest BCUT2D eigenvalue weighted by Crippen LogP contribution is 2.28. The second-order valence-electron chi connectivity index (χ2n) is 5.50. The number of anilines is 1. The molecule has 0 amide bonds. The van der Waals surface area contributed by atoms with Crippen molar-refractivity contribution in [2.45, 2.75) is 18.2 Å². The van der Waals surface area contributed by atoms with Crippen molar-refractivity contribution < 1.29 is 26.3 Å². The Kier molecular flexibility index (Phi) is 4.49. The van der Waals surface area contributed by atoms with Gasteiger partial charge in [0.25, 0.3) is 10.0 Å². The number of pyridine rings is 1. The number of hydrogen-bond acceptors (Lipinski definition) is 4. The first kappa shape index (κ1) is 18.0. The maximum absolute atomic E-state index is 12.6. The SMILES string of the molecule is Cc1ccc(OC(F)(F)F)cc1S(=O)(=O)Nc1cnc2ccccc2c1. The molecule has 5 nitrogen and oxygen atoms in total. The van der Waals surface area contributed by atoms with E-state index in [1.165, 1.54) is 19.2 Å². The average Bonchev–Trinajstić information content (AvgIpc) is 2.55. The van der Waals surface area contributed by atoms with Crippen molar-refractivity contribution in [3.05, 3.63) is 60.3 Å². The van der Waals surface area contributed by atoms with Crippen LogP contribution in [0, 0.1) is 6.92 Å². The minimum absolute atomic E-state index is 0.199. The molecule has 0 radical (unpaired) electrons. The number of nitrogens with zero attached hydrogens (tertiary/aromatic N) is 1. The van der Waals surface area contributed by atoms with E-state index >= 15 is 0 Å². The number of rotatable bonds is 4. The molecule has 0 saturated heterocycles. The number of alkyl halides is 3. The number of sulfonamides is 1. The van der Waals surface area contributed by atoms with E-state index in [2.05, 4.69) is 14.4 Å². The lowest BCUT2D eigenvalue weighted by Gasteiger charge is -2.13. The van der Waals surface area contributed by atoms with Crippen LogP contribution >= 0.6 is 0 Å². The van der Waals surface area contributed by atoms with Crippen LogP contribution in [0.4, 0.5) is 18.9 Å². The molecule has 0 saturated carbocycles. The monoisotopic (exact) mass is 382 g/mol. The van der Waals surface area contributed by atoms with E-state index in [-0.39, 0.29) is 16.1 Å². The van der Waals surface area contributed by atoms with Gasteiger partial charge in [0.2, 0.25) is 0 Å². The molecule has 26 heavy (non-hydrogen) atoms. The molecule has 9 heteroatoms. The quantitative estimate of drug-likeness (QED) is 0.733. The smallest absolute Gasteiger partial charge is 0.406 e. The summed E-state index contributed by atoms with van der Waals surface area (Å²) in [6.45, 7) is 1.48. The zero-order valence-electron chi connectivity index (χ0n) is 13.4. The van der Waals surface area contributed by atoms with Crippen LogP contribution in [0.2, 0.25) is 0 Å². The molecule has 0 unspecified atom stereocenters. The summed E-state index contributed by atoms with van der Waals surface area (Å²) in [7, 11) is -4.13. The lowest BCUT2D eigenvalue weighted by Crippen LogP contribution is -2.18. The maximum atomic E-state index is 12.6. The van der Waals surface area contributed by atoms with Crippen molar-refractivity contribution in [1.82, 2.24) is 4.98 Å². The third-order valence-electron chi connectivity index (χ3n) is 3.53. The van der Waals surface area contributed by atoms with Crippen molar-refractivity contribution in [2.24, 2.45) is 0 Å². The Bertz CT molecular complexity index is 1070. The maximum Gasteiger partial charge on any atom is 0.573 e. The molecule has 1 aromatic heterocycles. The highest BCUT2D eigenvalue weighted by Gasteiger charge is 2.31. The van der Waals surface area contributed by atoms with Gasteiger partial charge in [-0.25, -0.2) is 8.42 Å². The number of para-hydroxylation sites is 1. The van der Waals surface area contributed by atoms with Crippen LogP contribution in [0.25, 0.3) is 10.9 Å². The fourth-order valence-electron chi connectivity index (χ4n) is 2.40. The first-order chi connectivity index (χ1) is 12.1. The number of aromatic nitrogens is 1. The molecule has 136 valence electrons. The number of fused-ring (bicyclic) bond motifs is 1. The van der Waals surface area contributed by atoms with Crippen LogP contribution in [-0.4, -0.2) is 19.8 Å². The molecule has 0 bridgehead atoms. The predicted molar refractivity (Wildman–Crippen MR) is 90.4 cm³/mol. The summed E-state index contributed by atoms with van der Waals surface area (Å²) in [6.07, 6.45) is -3.57. The summed E-state index contributed by atoms with van der Waals surface area (Å²) in [5.74, 6) is -0.611. The number of hydrogen-bond donors (Lipinski definition) is 1. The topological polar surface area (TPSA) is 68.3 Å². The second-order valence-corrected chi connectivity index (χ2v) is 7.15. The van der Waals surface area contributed by atoms with Gasteiger partial charge in [0, 0.05) is 11.5 Å². The van der Waals surface area contributed by atoms with E-state index < -0.39 is 22.1 Å². The average molecular weight is 382 g/mol. The predicted octanol–water partition coefficient (Wildman–Crippen LogP) is 4.24. The summed E-state index contributed by atoms with van der Waals surface area (Å²) >= 11 is 0. The van der Waals surface area contributed by atoms with Gasteiger partial charge in [-0.05, 0) is 30.7 Å². The highest BCUT2D eigenvalue weighted by molar-refractivity contribution is 7.92. The van der Waals surface area contributed by atoms with Crippen LogP contribution in [0.3, 0.4) is 0 Å². The zero-order chi connectivity index (χ0) is 18.9. The molecule has 1 N–H and O–H groups in total. The van der Waals surface area contributed by atoms with Crippen molar-refractivity contribution in [3.8, 4) is 5.75 Å². The van der Waals surface area contributed by atoms with Crippen LogP contribution in [-0.2, 0) is 10.0 Å². The fourth-order valence-corrected chi connectivity index (χ4v) is 3.70. The summed E-state index contributed by atoms with van der Waals surface area (Å²) in [4.78, 5) is 3.83.